The van der Waals surface area contributed by atoms with Crippen LogP contribution in [0.3, 0.4) is 0 Å². The first-order chi connectivity index (χ1) is 4.86. The van der Waals surface area contributed by atoms with Crippen LogP contribution in [0.15, 0.2) is 12.2 Å². The van der Waals surface area contributed by atoms with E-state index in [2.05, 4.69) is 6.58 Å². The van der Waals surface area contributed by atoms with Crippen LogP contribution in [0.2, 0.25) is 0 Å². The average Bonchev–Trinajstić information content (AvgIpc) is 1.99. The summed E-state index contributed by atoms with van der Waals surface area (Å²) in [6.07, 6.45) is 8.65. The summed E-state index contributed by atoms with van der Waals surface area (Å²) in [5, 5.41) is 0. The van der Waals surface area contributed by atoms with Gasteiger partial charge in [0.25, 0.3) is 0 Å². The molecule has 0 aromatic carbocycles. The van der Waals surface area contributed by atoms with Crippen molar-refractivity contribution in [1.82, 2.24) is 0 Å². The maximum Gasteiger partial charge on any atom is -0.0203 e. The van der Waals surface area contributed by atoms with Crippen LogP contribution >= 0.6 is 0 Å². The molecular weight excluding hydrogens is 120 g/mol. The van der Waals surface area contributed by atoms with Crippen LogP contribution in [0.25, 0.3) is 0 Å². The first-order valence-corrected chi connectivity index (χ1v) is 4.54. The fourth-order valence-electron chi connectivity index (χ4n) is 2.52. The molecule has 0 radical (unpaired) electrons. The molecule has 2 saturated carbocycles. The summed E-state index contributed by atoms with van der Waals surface area (Å²) in [4.78, 5) is 0. The highest BCUT2D eigenvalue weighted by molar-refractivity contribution is 5.06. The summed E-state index contributed by atoms with van der Waals surface area (Å²) in [5.41, 5.74) is 1.55. The predicted octanol–water partition coefficient (Wildman–Crippen LogP) is 3.14. The van der Waals surface area contributed by atoms with Gasteiger partial charge >= 0.3 is 0 Å². The molecule has 2 fully saturated rings. The molecule has 0 nitrogen and oxygen atoms in total. The highest BCUT2D eigenvalue weighted by atomic mass is 14.3. The lowest BCUT2D eigenvalue weighted by Gasteiger charge is -2.35. The van der Waals surface area contributed by atoms with Gasteiger partial charge in [-0.05, 0) is 37.5 Å². The van der Waals surface area contributed by atoms with E-state index in [-0.39, 0.29) is 0 Å². The molecule has 0 heteroatoms. The Kier molecular flexibility index (Phi) is 1.55. The van der Waals surface area contributed by atoms with Crippen LogP contribution in [-0.4, -0.2) is 0 Å². The molecule has 0 heterocycles. The minimum absolute atomic E-state index is 0.924. The van der Waals surface area contributed by atoms with Crippen molar-refractivity contribution in [2.24, 2.45) is 11.8 Å². The third-order valence-corrected chi connectivity index (χ3v) is 3.23. The Morgan fingerprint density at radius 1 is 1.20 bits per heavy atom. The van der Waals surface area contributed by atoms with Crippen molar-refractivity contribution in [1.29, 1.82) is 0 Å². The predicted molar refractivity (Wildman–Crippen MR) is 43.8 cm³/mol. The zero-order valence-corrected chi connectivity index (χ0v) is 6.60. The van der Waals surface area contributed by atoms with E-state index in [1.807, 2.05) is 0 Å². The fourth-order valence-corrected chi connectivity index (χ4v) is 2.52. The van der Waals surface area contributed by atoms with E-state index in [1.54, 1.807) is 5.57 Å². The van der Waals surface area contributed by atoms with E-state index in [9.17, 15) is 0 Å². The minimum Gasteiger partial charge on any atom is -0.0996 e. The van der Waals surface area contributed by atoms with Crippen LogP contribution < -0.4 is 0 Å². The second-order valence-electron chi connectivity index (χ2n) is 3.93. The first-order valence-electron chi connectivity index (χ1n) is 4.54. The standard InChI is InChI=1S/C10H16/c1-8-5-6-9-3-2-4-10(8)7-9/h9-10H,1-7H2. The largest absolute Gasteiger partial charge is 0.0996 e. The second kappa shape index (κ2) is 2.41. The molecule has 0 amide bonds. The average molecular weight is 136 g/mol. The zero-order chi connectivity index (χ0) is 6.97. The monoisotopic (exact) mass is 136 g/mol. The SMILES string of the molecule is C=C1CCC2CCCC1C2. The van der Waals surface area contributed by atoms with Gasteiger partial charge < -0.3 is 0 Å². The van der Waals surface area contributed by atoms with Gasteiger partial charge in [-0.3, -0.25) is 0 Å². The third-order valence-electron chi connectivity index (χ3n) is 3.23. The smallest absolute Gasteiger partial charge is 0.0203 e. The van der Waals surface area contributed by atoms with Gasteiger partial charge in [-0.2, -0.15) is 0 Å². The van der Waals surface area contributed by atoms with Crippen molar-refractivity contribution in [3.63, 3.8) is 0 Å². The van der Waals surface area contributed by atoms with Crippen molar-refractivity contribution in [2.75, 3.05) is 0 Å². The highest BCUT2D eigenvalue weighted by Gasteiger charge is 2.27. The van der Waals surface area contributed by atoms with Crippen molar-refractivity contribution in [3.8, 4) is 0 Å². The van der Waals surface area contributed by atoms with E-state index in [4.69, 9.17) is 0 Å². The lowest BCUT2D eigenvalue weighted by atomic mass is 9.70. The third kappa shape index (κ3) is 1.00. The van der Waals surface area contributed by atoms with Gasteiger partial charge in [0.15, 0.2) is 0 Å². The van der Waals surface area contributed by atoms with Gasteiger partial charge in [-0.15, -0.1) is 0 Å². The number of allylic oxidation sites excluding steroid dienone is 1. The summed E-state index contributed by atoms with van der Waals surface area (Å²) in [7, 11) is 0. The van der Waals surface area contributed by atoms with Crippen molar-refractivity contribution >= 4 is 0 Å². The quantitative estimate of drug-likeness (QED) is 0.449. The topological polar surface area (TPSA) is 0 Å². The Hall–Kier alpha value is -0.260. The van der Waals surface area contributed by atoms with Gasteiger partial charge in [0.2, 0.25) is 0 Å². The zero-order valence-electron chi connectivity index (χ0n) is 6.60. The summed E-state index contributed by atoms with van der Waals surface area (Å²) in [6.45, 7) is 4.13. The molecule has 10 heavy (non-hydrogen) atoms. The lowest BCUT2D eigenvalue weighted by Crippen LogP contribution is -2.22. The lowest BCUT2D eigenvalue weighted by molar-refractivity contribution is 0.243. The first kappa shape index (κ1) is 6.45. The fraction of sp³-hybridized carbons (Fsp3) is 0.800. The van der Waals surface area contributed by atoms with Crippen molar-refractivity contribution < 1.29 is 0 Å². The molecule has 0 N–H and O–H groups in total. The Bertz CT molecular complexity index is 146. The molecule has 0 aromatic rings. The van der Waals surface area contributed by atoms with Crippen LogP contribution in [0.4, 0.5) is 0 Å². The number of hydrogen-bond donors (Lipinski definition) is 0. The van der Waals surface area contributed by atoms with Crippen LogP contribution in [0.1, 0.15) is 38.5 Å². The molecule has 2 atom stereocenters. The molecule has 2 bridgehead atoms. The van der Waals surface area contributed by atoms with Gasteiger partial charge in [0.05, 0.1) is 0 Å². The van der Waals surface area contributed by atoms with E-state index < -0.39 is 0 Å². The Balaban J connectivity index is 2.07. The van der Waals surface area contributed by atoms with E-state index in [0.29, 0.717) is 0 Å². The maximum absolute atomic E-state index is 4.13. The molecule has 2 unspecified atom stereocenters. The van der Waals surface area contributed by atoms with Crippen molar-refractivity contribution in [2.45, 2.75) is 38.5 Å². The molecule has 0 aromatic heterocycles. The molecule has 0 aliphatic heterocycles. The Labute approximate surface area is 63.3 Å². The molecule has 0 saturated heterocycles. The molecule has 2 aliphatic rings. The molecule has 2 rings (SSSR count). The second-order valence-corrected chi connectivity index (χ2v) is 3.93. The molecule has 2 aliphatic carbocycles. The number of fused-ring (bicyclic) bond motifs is 2. The molecule has 0 spiro atoms. The molecule has 56 valence electrons. The van der Waals surface area contributed by atoms with Crippen LogP contribution in [0.5, 0.6) is 0 Å². The van der Waals surface area contributed by atoms with Gasteiger partial charge in [-0.1, -0.05) is 25.0 Å². The minimum atomic E-state index is 0.924. The summed E-state index contributed by atoms with van der Waals surface area (Å²) in [5.74, 6) is 2.00. The number of rotatable bonds is 0. The Morgan fingerprint density at radius 3 is 2.90 bits per heavy atom. The van der Waals surface area contributed by atoms with Crippen LogP contribution in [-0.2, 0) is 0 Å². The maximum atomic E-state index is 4.13. The van der Waals surface area contributed by atoms with E-state index in [0.717, 1.165) is 11.8 Å². The van der Waals surface area contributed by atoms with Crippen molar-refractivity contribution in [3.05, 3.63) is 12.2 Å². The van der Waals surface area contributed by atoms with Gasteiger partial charge in [-0.25, -0.2) is 0 Å². The summed E-state index contributed by atoms with van der Waals surface area (Å²) < 4.78 is 0. The normalized spacial score (nSPS) is 39.8. The number of hydrogen-bond acceptors (Lipinski definition) is 0. The highest BCUT2D eigenvalue weighted by Crippen LogP contribution is 2.41. The van der Waals surface area contributed by atoms with Crippen LogP contribution in [0, 0.1) is 11.8 Å². The molecular formula is C10H16. The summed E-state index contributed by atoms with van der Waals surface area (Å²) in [6, 6.07) is 0. The van der Waals surface area contributed by atoms with E-state index in [1.165, 1.54) is 38.5 Å². The van der Waals surface area contributed by atoms with E-state index >= 15 is 0 Å². The van der Waals surface area contributed by atoms with Gasteiger partial charge in [0, 0.05) is 0 Å². The Morgan fingerprint density at radius 2 is 2.10 bits per heavy atom. The summed E-state index contributed by atoms with van der Waals surface area (Å²) >= 11 is 0. The van der Waals surface area contributed by atoms with Gasteiger partial charge in [0.1, 0.15) is 0 Å².